The van der Waals surface area contributed by atoms with Gasteiger partial charge in [-0.1, -0.05) is 18.6 Å². The van der Waals surface area contributed by atoms with E-state index < -0.39 is 0 Å². The highest BCUT2D eigenvalue weighted by atomic mass is 16.5. The highest BCUT2D eigenvalue weighted by molar-refractivity contribution is 5.98. The van der Waals surface area contributed by atoms with Crippen molar-refractivity contribution in [3.05, 3.63) is 84.4 Å². The molecule has 0 bridgehead atoms. The maximum atomic E-state index is 12.9. The Morgan fingerprint density at radius 2 is 1.70 bits per heavy atom. The van der Waals surface area contributed by atoms with Crippen LogP contribution in [0.25, 0.3) is 21.9 Å². The molecule has 166 valence electrons. The molecule has 1 aliphatic carbocycles. The van der Waals surface area contributed by atoms with E-state index >= 15 is 0 Å². The van der Waals surface area contributed by atoms with Crippen LogP contribution in [0.1, 0.15) is 48.2 Å². The van der Waals surface area contributed by atoms with Crippen LogP contribution in [0.5, 0.6) is 5.75 Å². The van der Waals surface area contributed by atoms with Gasteiger partial charge in [-0.15, -0.1) is 0 Å². The smallest absolute Gasteiger partial charge is 0.168 e. The van der Waals surface area contributed by atoms with Gasteiger partial charge in [0, 0.05) is 40.8 Å². The zero-order valence-electron chi connectivity index (χ0n) is 18.5. The number of aromatic nitrogens is 2. The molecular weight excluding hydrogens is 410 g/mol. The topological polar surface area (TPSA) is 78.1 Å². The van der Waals surface area contributed by atoms with Gasteiger partial charge < -0.3 is 10.5 Å². The monoisotopic (exact) mass is 437 g/mol. The first-order valence-corrected chi connectivity index (χ1v) is 11.5. The molecule has 0 unspecified atom stereocenters. The minimum Gasteiger partial charge on any atom is -0.490 e. The molecule has 1 saturated carbocycles. The molecule has 1 aliphatic rings. The number of rotatable bonds is 6. The predicted octanol–water partition coefficient (Wildman–Crippen LogP) is 6.02. The average Bonchev–Trinajstić information content (AvgIpc) is 2.85. The van der Waals surface area contributed by atoms with E-state index in [1.807, 2.05) is 54.7 Å². The van der Waals surface area contributed by atoms with Crippen LogP contribution in [0.2, 0.25) is 0 Å². The first-order chi connectivity index (χ1) is 16.1. The van der Waals surface area contributed by atoms with Crippen molar-refractivity contribution in [2.75, 3.05) is 5.73 Å². The number of fused-ring (bicyclic) bond motifs is 1. The van der Waals surface area contributed by atoms with Crippen LogP contribution in [-0.4, -0.2) is 21.9 Å². The third kappa shape index (κ3) is 5.03. The summed E-state index contributed by atoms with van der Waals surface area (Å²) < 4.78 is 6.08. The first-order valence-electron chi connectivity index (χ1n) is 11.5. The van der Waals surface area contributed by atoms with Crippen molar-refractivity contribution >= 4 is 22.2 Å². The molecule has 0 amide bonds. The number of nitrogens with zero attached hydrogens (tertiary/aromatic N) is 2. The van der Waals surface area contributed by atoms with Gasteiger partial charge in [-0.3, -0.25) is 14.8 Å². The molecule has 0 aliphatic heterocycles. The summed E-state index contributed by atoms with van der Waals surface area (Å²) in [6.07, 6.45) is 11.8. The molecule has 5 heteroatoms. The van der Waals surface area contributed by atoms with Crippen LogP contribution in [-0.2, 0) is 6.42 Å². The lowest BCUT2D eigenvalue weighted by Gasteiger charge is -2.23. The van der Waals surface area contributed by atoms with Crippen molar-refractivity contribution in [3.8, 4) is 16.9 Å². The summed E-state index contributed by atoms with van der Waals surface area (Å²) in [6.45, 7) is 0. The molecule has 0 atom stereocenters. The normalized spacial score (nSPS) is 14.3. The third-order valence-corrected chi connectivity index (χ3v) is 6.24. The molecule has 5 nitrogen and oxygen atoms in total. The van der Waals surface area contributed by atoms with Gasteiger partial charge in [-0.05, 0) is 79.1 Å². The fourth-order valence-corrected chi connectivity index (χ4v) is 4.44. The zero-order chi connectivity index (χ0) is 22.6. The number of hydrogen-bond donors (Lipinski definition) is 1. The predicted molar refractivity (Wildman–Crippen MR) is 131 cm³/mol. The van der Waals surface area contributed by atoms with Crippen LogP contribution in [0.3, 0.4) is 0 Å². The Hall–Kier alpha value is -3.73. The van der Waals surface area contributed by atoms with Crippen LogP contribution >= 0.6 is 0 Å². The SMILES string of the molecule is Nc1cncc(-c2ccc3cnc(CC(=O)c4ccc(OC5CCCCC5)cc4)cc3c2)c1. The van der Waals surface area contributed by atoms with Crippen molar-refractivity contribution in [1.82, 2.24) is 9.97 Å². The number of ether oxygens (including phenoxy) is 1. The lowest BCUT2D eigenvalue weighted by molar-refractivity contribution is 0.0992. The number of Topliss-reactive ketones (excluding diaryl/α,β-unsaturated/α-hetero) is 1. The standard InChI is InChI=1S/C28H27N3O2/c29-24-13-23(16-30-18-24)20-6-7-21-17-31-25(14-22(21)12-20)15-28(32)19-8-10-27(11-9-19)33-26-4-2-1-3-5-26/h6-14,16-18,26H,1-5,15,29H2. The second-order valence-corrected chi connectivity index (χ2v) is 8.75. The maximum absolute atomic E-state index is 12.9. The Labute approximate surface area is 193 Å². The second-order valence-electron chi connectivity index (χ2n) is 8.75. The van der Waals surface area contributed by atoms with Crippen molar-refractivity contribution in [2.24, 2.45) is 0 Å². The molecular formula is C28H27N3O2. The number of carbonyl (C=O) groups excluding carboxylic acids is 1. The lowest BCUT2D eigenvalue weighted by Crippen LogP contribution is -2.19. The van der Waals surface area contributed by atoms with Crippen molar-refractivity contribution < 1.29 is 9.53 Å². The summed E-state index contributed by atoms with van der Waals surface area (Å²) in [5.41, 5.74) is 9.92. The largest absolute Gasteiger partial charge is 0.490 e. The lowest BCUT2D eigenvalue weighted by atomic mass is 9.98. The molecule has 2 aromatic heterocycles. The van der Waals surface area contributed by atoms with Gasteiger partial charge >= 0.3 is 0 Å². The van der Waals surface area contributed by atoms with E-state index in [0.29, 0.717) is 17.4 Å². The minimum atomic E-state index is 0.0438. The molecule has 0 radical (unpaired) electrons. The molecule has 1 fully saturated rings. The molecule has 0 spiro atoms. The average molecular weight is 438 g/mol. The van der Waals surface area contributed by atoms with E-state index in [2.05, 4.69) is 16.0 Å². The molecule has 2 aromatic carbocycles. The van der Waals surface area contributed by atoms with E-state index in [0.717, 1.165) is 46.2 Å². The summed E-state index contributed by atoms with van der Waals surface area (Å²) in [4.78, 5) is 21.6. The number of ketones is 1. The van der Waals surface area contributed by atoms with Crippen molar-refractivity contribution in [3.63, 3.8) is 0 Å². The quantitative estimate of drug-likeness (QED) is 0.373. The number of nitrogen functional groups attached to an aromatic ring is 1. The van der Waals surface area contributed by atoms with Gasteiger partial charge in [0.05, 0.1) is 18.2 Å². The molecule has 4 aromatic rings. The number of hydrogen-bond acceptors (Lipinski definition) is 5. The van der Waals surface area contributed by atoms with Gasteiger partial charge in [0.25, 0.3) is 0 Å². The Morgan fingerprint density at radius 3 is 2.48 bits per heavy atom. The Kier molecular flexibility index (Phi) is 6.03. The summed E-state index contributed by atoms with van der Waals surface area (Å²) >= 11 is 0. The highest BCUT2D eigenvalue weighted by Crippen LogP contribution is 2.26. The fourth-order valence-electron chi connectivity index (χ4n) is 4.44. The van der Waals surface area contributed by atoms with Gasteiger partial charge in [-0.25, -0.2) is 0 Å². The third-order valence-electron chi connectivity index (χ3n) is 6.24. The van der Waals surface area contributed by atoms with Crippen LogP contribution in [0.4, 0.5) is 5.69 Å². The summed E-state index contributed by atoms with van der Waals surface area (Å²) in [6, 6.07) is 17.5. The number of pyridine rings is 2. The summed E-state index contributed by atoms with van der Waals surface area (Å²) in [7, 11) is 0. The number of carbonyl (C=O) groups is 1. The van der Waals surface area contributed by atoms with Crippen LogP contribution < -0.4 is 10.5 Å². The van der Waals surface area contributed by atoms with Crippen molar-refractivity contribution in [1.29, 1.82) is 0 Å². The highest BCUT2D eigenvalue weighted by Gasteiger charge is 2.15. The molecule has 2 heterocycles. The molecule has 33 heavy (non-hydrogen) atoms. The van der Waals surface area contributed by atoms with Crippen molar-refractivity contribution in [2.45, 2.75) is 44.6 Å². The first kappa shape index (κ1) is 21.1. The summed E-state index contributed by atoms with van der Waals surface area (Å²) in [5.74, 6) is 0.883. The van der Waals surface area contributed by atoms with Gasteiger partial charge in [-0.2, -0.15) is 0 Å². The van der Waals surface area contributed by atoms with E-state index in [9.17, 15) is 4.79 Å². The number of benzene rings is 2. The van der Waals surface area contributed by atoms with Crippen LogP contribution in [0, 0.1) is 0 Å². The van der Waals surface area contributed by atoms with E-state index in [1.54, 1.807) is 12.4 Å². The molecule has 5 rings (SSSR count). The Balaban J connectivity index is 1.30. The Morgan fingerprint density at radius 1 is 0.879 bits per heavy atom. The van der Waals surface area contributed by atoms with E-state index in [-0.39, 0.29) is 12.2 Å². The van der Waals surface area contributed by atoms with Gasteiger partial charge in [0.2, 0.25) is 0 Å². The zero-order valence-corrected chi connectivity index (χ0v) is 18.5. The summed E-state index contributed by atoms with van der Waals surface area (Å²) in [5, 5.41) is 2.06. The number of anilines is 1. The van der Waals surface area contributed by atoms with E-state index in [1.165, 1.54) is 19.3 Å². The van der Waals surface area contributed by atoms with Gasteiger partial charge in [0.15, 0.2) is 5.78 Å². The molecule has 0 saturated heterocycles. The van der Waals surface area contributed by atoms with Crippen LogP contribution in [0.15, 0.2) is 73.2 Å². The number of nitrogens with two attached hydrogens (primary N) is 1. The maximum Gasteiger partial charge on any atom is 0.168 e. The minimum absolute atomic E-state index is 0.0438. The molecule has 2 N–H and O–H groups in total. The van der Waals surface area contributed by atoms with E-state index in [4.69, 9.17) is 10.5 Å². The van der Waals surface area contributed by atoms with Gasteiger partial charge in [0.1, 0.15) is 5.75 Å². The second kappa shape index (κ2) is 9.41. The Bertz CT molecular complexity index is 1280. The fraction of sp³-hybridized carbons (Fsp3) is 0.250.